The molecular formula is C31H17NO2. The molecule has 0 radical (unpaired) electrons. The molecule has 0 saturated carbocycles. The molecular weight excluding hydrogens is 418 g/mol. The fourth-order valence-corrected chi connectivity index (χ4v) is 6.01. The highest BCUT2D eigenvalue weighted by Gasteiger charge is 2.26. The van der Waals surface area contributed by atoms with Crippen molar-refractivity contribution in [3.63, 3.8) is 0 Å². The van der Waals surface area contributed by atoms with Crippen molar-refractivity contribution in [2.24, 2.45) is 0 Å². The third kappa shape index (κ3) is 2.07. The molecule has 3 heteroatoms. The number of aliphatic hydroxyl groups is 1. The van der Waals surface area contributed by atoms with E-state index in [0.29, 0.717) is 27.4 Å². The standard InChI is InChI=1S/C31H17NO2/c33-30-22-7-3-4-8-23(22)31(34)28-24(30)12-11-21-20-10-9-17-15-16-5-1-2-6-18(16)19-13-14-25(32-29(21)28)27(20)26(17)19/h1-12,14-15,34H,13H2. The van der Waals surface area contributed by atoms with E-state index in [0.717, 1.165) is 27.9 Å². The third-order valence-electron chi connectivity index (χ3n) is 7.50. The second-order valence-electron chi connectivity index (χ2n) is 9.18. The van der Waals surface area contributed by atoms with Crippen LogP contribution in [0.1, 0.15) is 27.0 Å². The van der Waals surface area contributed by atoms with Gasteiger partial charge in [0.05, 0.1) is 16.1 Å². The van der Waals surface area contributed by atoms with Gasteiger partial charge in [-0.25, -0.2) is 4.98 Å². The van der Waals surface area contributed by atoms with Gasteiger partial charge in [-0.2, -0.15) is 0 Å². The molecule has 5 aromatic carbocycles. The zero-order chi connectivity index (χ0) is 22.6. The van der Waals surface area contributed by atoms with Crippen LogP contribution in [0.15, 0.2) is 78.9 Å². The third-order valence-corrected chi connectivity index (χ3v) is 7.50. The molecule has 8 rings (SSSR count). The van der Waals surface area contributed by atoms with Crippen LogP contribution in [-0.4, -0.2) is 15.9 Å². The lowest BCUT2D eigenvalue weighted by atomic mass is 9.86. The zero-order valence-corrected chi connectivity index (χ0v) is 18.1. The second-order valence-corrected chi connectivity index (χ2v) is 9.18. The van der Waals surface area contributed by atoms with Crippen molar-refractivity contribution in [1.29, 1.82) is 0 Å². The summed E-state index contributed by atoms with van der Waals surface area (Å²) >= 11 is 0. The summed E-state index contributed by atoms with van der Waals surface area (Å²) in [6, 6.07) is 26.2. The summed E-state index contributed by atoms with van der Waals surface area (Å²) < 4.78 is 0. The lowest BCUT2D eigenvalue weighted by molar-refractivity contribution is 0.103. The number of aliphatic hydroxyl groups excluding tert-OH is 1. The summed E-state index contributed by atoms with van der Waals surface area (Å²) in [7, 11) is 0. The minimum Gasteiger partial charge on any atom is -0.507 e. The molecule has 2 aliphatic carbocycles. The van der Waals surface area contributed by atoms with Gasteiger partial charge in [-0.05, 0) is 51.0 Å². The zero-order valence-electron chi connectivity index (χ0n) is 18.1. The van der Waals surface area contributed by atoms with Gasteiger partial charge in [0.1, 0.15) is 5.76 Å². The van der Waals surface area contributed by atoms with Gasteiger partial charge in [0.15, 0.2) is 5.78 Å². The molecule has 1 N–H and O–H groups in total. The van der Waals surface area contributed by atoms with Crippen molar-refractivity contribution in [2.45, 2.75) is 6.42 Å². The van der Waals surface area contributed by atoms with Crippen LogP contribution in [0.25, 0.3) is 55.1 Å². The van der Waals surface area contributed by atoms with Crippen LogP contribution in [-0.2, 0) is 6.42 Å². The molecule has 3 nitrogen and oxygen atoms in total. The molecule has 0 atom stereocenters. The van der Waals surface area contributed by atoms with Gasteiger partial charge in [0, 0.05) is 27.5 Å². The summed E-state index contributed by atoms with van der Waals surface area (Å²) in [5, 5.41) is 20.9. The number of hydrogen-bond donors (Lipinski definition) is 1. The number of hydrogen-bond acceptors (Lipinski definition) is 3. The molecule has 1 heterocycles. The van der Waals surface area contributed by atoms with Crippen LogP contribution in [0, 0.1) is 0 Å². The SMILES string of the molecule is O=C1c2ccccc2C(O)=c2c1ccc1c2nc2c3c1ccc1cc4ccccc4c(c13)CC=2. The van der Waals surface area contributed by atoms with Crippen molar-refractivity contribution in [3.05, 3.63) is 112 Å². The van der Waals surface area contributed by atoms with Crippen molar-refractivity contribution in [1.82, 2.24) is 4.98 Å². The Labute approximate surface area is 193 Å². The number of carbonyl (C=O) groups is 1. The average molecular weight is 435 g/mol. The number of carbonyl (C=O) groups excluding carboxylic acids is 1. The Morgan fingerprint density at radius 2 is 1.50 bits per heavy atom. The van der Waals surface area contributed by atoms with E-state index in [4.69, 9.17) is 4.98 Å². The van der Waals surface area contributed by atoms with E-state index >= 15 is 0 Å². The number of benzene rings is 5. The molecule has 34 heavy (non-hydrogen) atoms. The maximum Gasteiger partial charge on any atom is 0.194 e. The highest BCUT2D eigenvalue weighted by molar-refractivity contribution is 6.22. The van der Waals surface area contributed by atoms with Gasteiger partial charge >= 0.3 is 0 Å². The fourth-order valence-electron chi connectivity index (χ4n) is 6.01. The summed E-state index contributed by atoms with van der Waals surface area (Å²) in [6.07, 6.45) is 2.99. The topological polar surface area (TPSA) is 50.2 Å². The highest BCUT2D eigenvalue weighted by atomic mass is 16.3. The first-order valence-corrected chi connectivity index (χ1v) is 11.5. The molecule has 0 saturated heterocycles. The highest BCUT2D eigenvalue weighted by Crippen LogP contribution is 2.36. The van der Waals surface area contributed by atoms with Crippen LogP contribution in [0.3, 0.4) is 0 Å². The smallest absolute Gasteiger partial charge is 0.194 e. The maximum absolute atomic E-state index is 13.3. The van der Waals surface area contributed by atoms with Gasteiger partial charge in [0.25, 0.3) is 0 Å². The molecule has 0 fully saturated rings. The summed E-state index contributed by atoms with van der Waals surface area (Å²) in [5.41, 5.74) is 3.62. The average Bonchev–Trinajstić information content (AvgIpc) is 2.89. The Balaban J connectivity index is 1.61. The minimum atomic E-state index is -0.0721. The Bertz CT molecular complexity index is 2070. The van der Waals surface area contributed by atoms with E-state index < -0.39 is 0 Å². The van der Waals surface area contributed by atoms with E-state index in [-0.39, 0.29) is 11.5 Å². The van der Waals surface area contributed by atoms with Crippen LogP contribution in [0.2, 0.25) is 0 Å². The molecule has 6 aromatic rings. The van der Waals surface area contributed by atoms with Crippen molar-refractivity contribution < 1.29 is 9.90 Å². The molecule has 0 aliphatic heterocycles. The normalized spacial score (nSPS) is 14.1. The van der Waals surface area contributed by atoms with Crippen molar-refractivity contribution in [2.75, 3.05) is 0 Å². The van der Waals surface area contributed by atoms with E-state index in [1.54, 1.807) is 12.1 Å². The van der Waals surface area contributed by atoms with E-state index in [2.05, 4.69) is 48.5 Å². The number of nitrogens with zero attached hydrogens (tertiary/aromatic N) is 1. The Kier molecular flexibility index (Phi) is 3.22. The molecule has 0 amide bonds. The predicted molar refractivity (Wildman–Crippen MR) is 137 cm³/mol. The number of ketones is 1. The fraction of sp³-hybridized carbons (Fsp3) is 0.0323. The number of aromatic nitrogens is 1. The monoisotopic (exact) mass is 435 g/mol. The number of rotatable bonds is 0. The quantitative estimate of drug-likeness (QED) is 0.261. The first-order valence-electron chi connectivity index (χ1n) is 11.5. The lowest BCUT2D eigenvalue weighted by Gasteiger charge is -2.19. The van der Waals surface area contributed by atoms with Crippen LogP contribution in [0.4, 0.5) is 0 Å². The van der Waals surface area contributed by atoms with E-state index in [1.807, 2.05) is 24.3 Å². The van der Waals surface area contributed by atoms with Gasteiger partial charge in [-0.1, -0.05) is 72.8 Å². The molecule has 0 spiro atoms. The first-order chi connectivity index (χ1) is 16.7. The molecule has 0 unspecified atom stereocenters. The van der Waals surface area contributed by atoms with Gasteiger partial charge in [-0.15, -0.1) is 0 Å². The van der Waals surface area contributed by atoms with Gasteiger partial charge < -0.3 is 5.11 Å². The molecule has 1 aromatic heterocycles. The maximum atomic E-state index is 13.3. The predicted octanol–water partition coefficient (Wildman–Crippen LogP) is 5.29. The Morgan fingerprint density at radius 3 is 2.41 bits per heavy atom. The first kappa shape index (κ1) is 18.0. The van der Waals surface area contributed by atoms with Crippen molar-refractivity contribution >= 4 is 60.8 Å². The van der Waals surface area contributed by atoms with Gasteiger partial charge in [-0.3, -0.25) is 4.79 Å². The Hall–Kier alpha value is -4.50. The van der Waals surface area contributed by atoms with E-state index in [1.165, 1.54) is 27.1 Å². The van der Waals surface area contributed by atoms with Crippen LogP contribution < -0.4 is 10.6 Å². The lowest BCUT2D eigenvalue weighted by Crippen LogP contribution is -2.28. The second kappa shape index (κ2) is 6.09. The molecule has 158 valence electrons. The van der Waals surface area contributed by atoms with Gasteiger partial charge in [0.2, 0.25) is 0 Å². The van der Waals surface area contributed by atoms with Crippen LogP contribution in [0.5, 0.6) is 0 Å². The van der Waals surface area contributed by atoms with E-state index in [9.17, 15) is 9.90 Å². The van der Waals surface area contributed by atoms with Crippen LogP contribution >= 0.6 is 0 Å². The minimum absolute atomic E-state index is 0.0721. The summed E-state index contributed by atoms with van der Waals surface area (Å²) in [4.78, 5) is 18.3. The number of fused-ring (bicyclic) bond motifs is 7. The largest absolute Gasteiger partial charge is 0.507 e. The molecule has 0 bridgehead atoms. The summed E-state index contributed by atoms with van der Waals surface area (Å²) in [6.45, 7) is 0. The molecule has 2 aliphatic rings. The van der Waals surface area contributed by atoms with Crippen molar-refractivity contribution in [3.8, 4) is 0 Å². The Morgan fingerprint density at radius 1 is 0.706 bits per heavy atom. The summed E-state index contributed by atoms with van der Waals surface area (Å²) in [5.74, 6) is 0.0511. The number of pyridine rings is 1.